The molecular formula is C32H36O6. The monoisotopic (exact) mass is 516 g/mol. The van der Waals surface area contributed by atoms with Crippen LogP contribution in [0.3, 0.4) is 0 Å². The topological polar surface area (TPSA) is 55.4 Å². The first kappa shape index (κ1) is 25.7. The molecule has 5 atom stereocenters. The van der Waals surface area contributed by atoms with E-state index in [4.69, 9.17) is 28.4 Å². The quantitative estimate of drug-likeness (QED) is 0.354. The van der Waals surface area contributed by atoms with Crippen molar-refractivity contribution in [1.29, 1.82) is 0 Å². The van der Waals surface area contributed by atoms with Crippen molar-refractivity contribution in [2.24, 2.45) is 0 Å². The third-order valence-electron chi connectivity index (χ3n) is 7.54. The van der Waals surface area contributed by atoms with Crippen LogP contribution < -0.4 is 0 Å². The van der Waals surface area contributed by atoms with Crippen LogP contribution in [0, 0.1) is 0 Å². The molecule has 0 saturated carbocycles. The fourth-order valence-electron chi connectivity index (χ4n) is 5.81. The summed E-state index contributed by atoms with van der Waals surface area (Å²) in [4.78, 5) is 0. The normalized spacial score (nSPS) is 28.7. The van der Waals surface area contributed by atoms with E-state index in [0.717, 1.165) is 36.0 Å². The molecule has 0 bridgehead atoms. The molecule has 0 amide bonds. The van der Waals surface area contributed by atoms with Crippen molar-refractivity contribution >= 4 is 0 Å². The van der Waals surface area contributed by atoms with Gasteiger partial charge in [-0.2, -0.15) is 0 Å². The Labute approximate surface area is 224 Å². The molecule has 38 heavy (non-hydrogen) atoms. The molecule has 3 aromatic carbocycles. The predicted octanol–water partition coefficient (Wildman–Crippen LogP) is 5.78. The number of hydrogen-bond acceptors (Lipinski definition) is 6. The van der Waals surface area contributed by atoms with Crippen LogP contribution in [0.4, 0.5) is 0 Å². The smallest absolute Gasteiger partial charge is 0.190 e. The van der Waals surface area contributed by atoms with Gasteiger partial charge in [0.15, 0.2) is 18.4 Å². The van der Waals surface area contributed by atoms with Gasteiger partial charge in [-0.3, -0.25) is 0 Å². The zero-order valence-corrected chi connectivity index (χ0v) is 22.0. The van der Waals surface area contributed by atoms with Gasteiger partial charge in [0, 0.05) is 6.61 Å². The van der Waals surface area contributed by atoms with Gasteiger partial charge in [0.2, 0.25) is 0 Å². The van der Waals surface area contributed by atoms with Crippen molar-refractivity contribution in [3.63, 3.8) is 0 Å². The van der Waals surface area contributed by atoms with E-state index in [-0.39, 0.29) is 25.1 Å². The van der Waals surface area contributed by atoms with E-state index in [0.29, 0.717) is 6.61 Å². The van der Waals surface area contributed by atoms with Crippen molar-refractivity contribution in [2.75, 3.05) is 13.2 Å². The summed E-state index contributed by atoms with van der Waals surface area (Å²) in [6, 6.07) is 31.0. The third-order valence-corrected chi connectivity index (χ3v) is 7.54. The summed E-state index contributed by atoms with van der Waals surface area (Å²) < 4.78 is 38.3. The third kappa shape index (κ3) is 5.05. The minimum absolute atomic E-state index is 0.274. The highest BCUT2D eigenvalue weighted by Crippen LogP contribution is 2.43. The first-order chi connectivity index (χ1) is 18.6. The summed E-state index contributed by atoms with van der Waals surface area (Å²) >= 11 is 0. The van der Waals surface area contributed by atoms with E-state index < -0.39 is 23.8 Å². The second kappa shape index (κ2) is 10.9. The Kier molecular flexibility index (Phi) is 7.36. The van der Waals surface area contributed by atoms with Crippen LogP contribution in [0.25, 0.3) is 0 Å². The van der Waals surface area contributed by atoms with Crippen molar-refractivity contribution < 1.29 is 28.4 Å². The minimum atomic E-state index is -0.849. The highest BCUT2D eigenvalue weighted by atomic mass is 16.8. The zero-order chi connectivity index (χ0) is 26.0. The first-order valence-corrected chi connectivity index (χ1v) is 13.6. The van der Waals surface area contributed by atoms with E-state index in [1.165, 1.54) is 0 Å². The van der Waals surface area contributed by atoms with E-state index in [1.54, 1.807) is 0 Å². The Hall–Kier alpha value is -2.58. The van der Waals surface area contributed by atoms with Gasteiger partial charge in [0.1, 0.15) is 23.9 Å². The second-order valence-electron chi connectivity index (χ2n) is 10.6. The van der Waals surface area contributed by atoms with Gasteiger partial charge in [-0.1, -0.05) is 91.0 Å². The fourth-order valence-corrected chi connectivity index (χ4v) is 5.81. The number of rotatable bonds is 8. The van der Waals surface area contributed by atoms with Gasteiger partial charge in [-0.05, 0) is 49.8 Å². The van der Waals surface area contributed by atoms with E-state index in [1.807, 2.05) is 68.4 Å². The molecule has 3 fully saturated rings. The average molecular weight is 517 g/mol. The molecule has 6 rings (SSSR count). The minimum Gasteiger partial charge on any atom is -0.358 e. The zero-order valence-electron chi connectivity index (χ0n) is 22.0. The molecule has 3 saturated heterocycles. The Morgan fingerprint density at radius 3 is 1.89 bits per heavy atom. The number of benzene rings is 3. The summed E-state index contributed by atoms with van der Waals surface area (Å²) in [6.45, 7) is 4.78. The summed E-state index contributed by atoms with van der Waals surface area (Å²) in [5.74, 6) is -0.738. The van der Waals surface area contributed by atoms with Crippen LogP contribution in [0.2, 0.25) is 0 Å². The SMILES string of the molecule is CC1(C)OC2OC(COC(c3ccccc3)(c3ccccc3)c3ccccc3)C(OC3CCCCO3)C2O1. The van der Waals surface area contributed by atoms with Gasteiger partial charge in [0.05, 0.1) is 6.61 Å². The summed E-state index contributed by atoms with van der Waals surface area (Å²) in [5.41, 5.74) is 2.27. The highest BCUT2D eigenvalue weighted by Gasteiger charge is 2.56. The lowest BCUT2D eigenvalue weighted by Gasteiger charge is -2.38. The molecule has 0 N–H and O–H groups in total. The summed E-state index contributed by atoms with van der Waals surface area (Å²) in [5, 5.41) is 0. The van der Waals surface area contributed by atoms with Crippen LogP contribution in [-0.2, 0) is 34.0 Å². The largest absolute Gasteiger partial charge is 0.358 e. The van der Waals surface area contributed by atoms with Gasteiger partial charge >= 0.3 is 0 Å². The Bertz CT molecular complexity index is 1070. The molecule has 3 heterocycles. The lowest BCUT2D eigenvalue weighted by Crippen LogP contribution is -2.44. The first-order valence-electron chi connectivity index (χ1n) is 13.6. The maximum atomic E-state index is 7.05. The molecule has 0 spiro atoms. The van der Waals surface area contributed by atoms with Crippen molar-refractivity contribution in [3.8, 4) is 0 Å². The molecule has 3 aromatic rings. The molecule has 0 aliphatic carbocycles. The summed E-state index contributed by atoms with van der Waals surface area (Å²) in [6.07, 6.45) is 1.04. The molecular weight excluding hydrogens is 480 g/mol. The van der Waals surface area contributed by atoms with Crippen LogP contribution in [0.5, 0.6) is 0 Å². The predicted molar refractivity (Wildman–Crippen MR) is 142 cm³/mol. The molecule has 6 nitrogen and oxygen atoms in total. The fraction of sp³-hybridized carbons (Fsp3) is 0.438. The van der Waals surface area contributed by atoms with E-state index in [2.05, 4.69) is 36.4 Å². The maximum absolute atomic E-state index is 7.05. The van der Waals surface area contributed by atoms with E-state index in [9.17, 15) is 0 Å². The van der Waals surface area contributed by atoms with Crippen molar-refractivity contribution in [3.05, 3.63) is 108 Å². The van der Waals surface area contributed by atoms with Gasteiger partial charge in [-0.15, -0.1) is 0 Å². The molecule has 5 unspecified atom stereocenters. The van der Waals surface area contributed by atoms with Crippen LogP contribution in [0.15, 0.2) is 91.0 Å². The number of fused-ring (bicyclic) bond motifs is 1. The molecule has 200 valence electrons. The van der Waals surface area contributed by atoms with Gasteiger partial charge in [-0.25, -0.2) is 0 Å². The van der Waals surface area contributed by atoms with Crippen molar-refractivity contribution in [2.45, 2.75) is 75.4 Å². The number of hydrogen-bond donors (Lipinski definition) is 0. The Balaban J connectivity index is 1.34. The van der Waals surface area contributed by atoms with Gasteiger partial charge in [0.25, 0.3) is 0 Å². The number of ether oxygens (including phenoxy) is 6. The van der Waals surface area contributed by atoms with Crippen molar-refractivity contribution in [1.82, 2.24) is 0 Å². The Morgan fingerprint density at radius 2 is 1.37 bits per heavy atom. The maximum Gasteiger partial charge on any atom is 0.190 e. The second-order valence-corrected chi connectivity index (χ2v) is 10.6. The van der Waals surface area contributed by atoms with Crippen LogP contribution in [-0.4, -0.2) is 49.9 Å². The van der Waals surface area contributed by atoms with Crippen LogP contribution >= 0.6 is 0 Å². The van der Waals surface area contributed by atoms with E-state index >= 15 is 0 Å². The molecule has 3 aliphatic heterocycles. The average Bonchev–Trinajstić information content (AvgIpc) is 3.43. The lowest BCUT2D eigenvalue weighted by molar-refractivity contribution is -0.253. The van der Waals surface area contributed by atoms with Crippen LogP contribution in [0.1, 0.15) is 49.8 Å². The van der Waals surface area contributed by atoms with Gasteiger partial charge < -0.3 is 28.4 Å². The molecule has 3 aliphatic rings. The highest BCUT2D eigenvalue weighted by molar-refractivity contribution is 5.47. The summed E-state index contributed by atoms with van der Waals surface area (Å²) in [7, 11) is 0. The molecule has 0 aromatic heterocycles. The molecule has 0 radical (unpaired) electrons. The standard InChI is InChI=1S/C32H36O6/c1-31(2)37-29-28(36-27-20-12-13-21-33-27)26(35-30(29)38-31)22-34-32(23-14-6-3-7-15-23,24-16-8-4-9-17-24)25-18-10-5-11-19-25/h3-11,14-19,26-30H,12-13,20-22H2,1-2H3. The Morgan fingerprint density at radius 1 is 0.789 bits per heavy atom. The lowest BCUT2D eigenvalue weighted by atomic mass is 9.80. The molecule has 6 heteroatoms.